The summed E-state index contributed by atoms with van der Waals surface area (Å²) in [6.07, 6.45) is 3.10. The SMILES string of the molecule is Fc1cc(-c2ccc(C3=CC3)cc2)cc(F)c1F. The van der Waals surface area contributed by atoms with Crippen LogP contribution in [0.15, 0.2) is 42.5 Å². The molecule has 0 spiro atoms. The van der Waals surface area contributed by atoms with Gasteiger partial charge in [0, 0.05) is 0 Å². The highest BCUT2D eigenvalue weighted by atomic mass is 19.2. The highest BCUT2D eigenvalue weighted by molar-refractivity contribution is 5.78. The Morgan fingerprint density at radius 3 is 1.72 bits per heavy atom. The van der Waals surface area contributed by atoms with Gasteiger partial charge in [0.25, 0.3) is 0 Å². The number of hydrogen-bond acceptors (Lipinski definition) is 0. The Labute approximate surface area is 102 Å². The molecular formula is C15H9F3. The van der Waals surface area contributed by atoms with E-state index < -0.39 is 17.5 Å². The van der Waals surface area contributed by atoms with Crippen molar-refractivity contribution in [1.29, 1.82) is 0 Å². The molecule has 0 atom stereocenters. The van der Waals surface area contributed by atoms with Gasteiger partial charge in [-0.3, -0.25) is 0 Å². The maximum atomic E-state index is 13.1. The van der Waals surface area contributed by atoms with Gasteiger partial charge in [-0.1, -0.05) is 30.3 Å². The smallest absolute Gasteiger partial charge is 0.194 e. The van der Waals surface area contributed by atoms with Crippen LogP contribution in [0.3, 0.4) is 0 Å². The van der Waals surface area contributed by atoms with E-state index >= 15 is 0 Å². The zero-order valence-corrected chi connectivity index (χ0v) is 9.38. The van der Waals surface area contributed by atoms with E-state index in [1.165, 1.54) is 5.57 Å². The monoisotopic (exact) mass is 246 g/mol. The normalized spacial score (nSPS) is 13.4. The van der Waals surface area contributed by atoms with Gasteiger partial charge in [-0.05, 0) is 40.8 Å². The maximum Gasteiger partial charge on any atom is 0.194 e. The number of allylic oxidation sites excluding steroid dienone is 2. The van der Waals surface area contributed by atoms with Gasteiger partial charge in [0.05, 0.1) is 0 Å². The summed E-state index contributed by atoms with van der Waals surface area (Å²) in [4.78, 5) is 0. The van der Waals surface area contributed by atoms with Crippen LogP contribution < -0.4 is 0 Å². The minimum absolute atomic E-state index is 0.336. The third-order valence-corrected chi connectivity index (χ3v) is 2.98. The van der Waals surface area contributed by atoms with E-state index in [2.05, 4.69) is 6.08 Å². The topological polar surface area (TPSA) is 0 Å². The van der Waals surface area contributed by atoms with E-state index in [4.69, 9.17) is 0 Å². The summed E-state index contributed by atoms with van der Waals surface area (Å²) < 4.78 is 39.1. The zero-order chi connectivity index (χ0) is 12.7. The van der Waals surface area contributed by atoms with Gasteiger partial charge in [0.15, 0.2) is 17.5 Å². The number of rotatable bonds is 2. The first-order chi connectivity index (χ1) is 8.65. The minimum Gasteiger partial charge on any atom is -0.204 e. The van der Waals surface area contributed by atoms with Crippen LogP contribution in [0.2, 0.25) is 0 Å². The highest BCUT2D eigenvalue weighted by Gasteiger charge is 2.13. The zero-order valence-electron chi connectivity index (χ0n) is 9.38. The molecule has 0 saturated carbocycles. The maximum absolute atomic E-state index is 13.1. The predicted octanol–water partition coefficient (Wildman–Crippen LogP) is 4.56. The molecular weight excluding hydrogens is 237 g/mol. The Kier molecular flexibility index (Phi) is 2.47. The fourth-order valence-corrected chi connectivity index (χ4v) is 1.89. The molecule has 18 heavy (non-hydrogen) atoms. The van der Waals surface area contributed by atoms with Crippen molar-refractivity contribution >= 4 is 5.57 Å². The number of hydrogen-bond donors (Lipinski definition) is 0. The Hall–Kier alpha value is -2.03. The average Bonchev–Trinajstić information content (AvgIpc) is 3.20. The first-order valence-electron chi connectivity index (χ1n) is 5.59. The molecule has 0 N–H and O–H groups in total. The van der Waals surface area contributed by atoms with Gasteiger partial charge in [0.2, 0.25) is 0 Å². The van der Waals surface area contributed by atoms with Crippen molar-refractivity contribution in [3.8, 4) is 11.1 Å². The summed E-state index contributed by atoms with van der Waals surface area (Å²) in [7, 11) is 0. The summed E-state index contributed by atoms with van der Waals surface area (Å²) in [6, 6.07) is 9.36. The standard InChI is InChI=1S/C15H9F3/c16-13-7-12(8-14(17)15(13)18)11-5-3-10(4-6-11)9-1-2-9/h1,3-8H,2H2. The lowest BCUT2D eigenvalue weighted by molar-refractivity contribution is 0.448. The molecule has 0 unspecified atom stereocenters. The van der Waals surface area contributed by atoms with Crippen molar-refractivity contribution in [3.05, 3.63) is 65.5 Å². The highest BCUT2D eigenvalue weighted by Crippen LogP contribution is 2.32. The van der Waals surface area contributed by atoms with Crippen molar-refractivity contribution < 1.29 is 13.2 Å². The Balaban J connectivity index is 2.01. The fraction of sp³-hybridized carbons (Fsp3) is 0.0667. The lowest BCUT2D eigenvalue weighted by Gasteiger charge is -2.04. The van der Waals surface area contributed by atoms with E-state index in [0.29, 0.717) is 11.1 Å². The fourth-order valence-electron chi connectivity index (χ4n) is 1.89. The van der Waals surface area contributed by atoms with Gasteiger partial charge in [-0.25, -0.2) is 13.2 Å². The first kappa shape index (κ1) is 11.1. The van der Waals surface area contributed by atoms with E-state index in [1.54, 1.807) is 12.1 Å². The number of benzene rings is 2. The summed E-state index contributed by atoms with van der Waals surface area (Å²) >= 11 is 0. The molecule has 0 heterocycles. The summed E-state index contributed by atoms with van der Waals surface area (Å²) in [6.45, 7) is 0. The van der Waals surface area contributed by atoms with E-state index in [1.807, 2.05) is 12.1 Å². The molecule has 3 rings (SSSR count). The molecule has 3 heteroatoms. The van der Waals surface area contributed by atoms with E-state index in [-0.39, 0.29) is 0 Å². The largest absolute Gasteiger partial charge is 0.204 e. The molecule has 0 saturated heterocycles. The van der Waals surface area contributed by atoms with Crippen LogP contribution in [-0.4, -0.2) is 0 Å². The molecule has 1 aliphatic carbocycles. The molecule has 2 aromatic rings. The van der Waals surface area contributed by atoms with Crippen LogP contribution in [0.25, 0.3) is 16.7 Å². The minimum atomic E-state index is -1.43. The van der Waals surface area contributed by atoms with Gasteiger partial charge in [-0.2, -0.15) is 0 Å². The Morgan fingerprint density at radius 2 is 1.22 bits per heavy atom. The summed E-state index contributed by atoms with van der Waals surface area (Å²) in [5.41, 5.74) is 3.39. The molecule has 90 valence electrons. The van der Waals surface area contributed by atoms with Crippen molar-refractivity contribution in [2.45, 2.75) is 6.42 Å². The summed E-state index contributed by atoms with van der Waals surface area (Å²) in [5.74, 6) is -3.77. The lowest BCUT2D eigenvalue weighted by Crippen LogP contribution is -1.91. The van der Waals surface area contributed by atoms with Crippen molar-refractivity contribution in [3.63, 3.8) is 0 Å². The molecule has 0 bridgehead atoms. The quantitative estimate of drug-likeness (QED) is 0.681. The lowest BCUT2D eigenvalue weighted by atomic mass is 10.0. The van der Waals surface area contributed by atoms with Crippen LogP contribution in [0.5, 0.6) is 0 Å². The molecule has 0 aliphatic heterocycles. The Morgan fingerprint density at radius 1 is 0.722 bits per heavy atom. The third-order valence-electron chi connectivity index (χ3n) is 2.98. The molecule has 0 radical (unpaired) electrons. The van der Waals surface area contributed by atoms with Crippen LogP contribution in [0, 0.1) is 17.5 Å². The van der Waals surface area contributed by atoms with Crippen LogP contribution >= 0.6 is 0 Å². The van der Waals surface area contributed by atoms with Crippen molar-refractivity contribution in [2.75, 3.05) is 0 Å². The van der Waals surface area contributed by atoms with E-state index in [0.717, 1.165) is 24.1 Å². The molecule has 0 aromatic heterocycles. The van der Waals surface area contributed by atoms with Gasteiger partial charge >= 0.3 is 0 Å². The van der Waals surface area contributed by atoms with Crippen molar-refractivity contribution in [1.82, 2.24) is 0 Å². The van der Waals surface area contributed by atoms with Crippen LogP contribution in [0.4, 0.5) is 13.2 Å². The van der Waals surface area contributed by atoms with E-state index in [9.17, 15) is 13.2 Å². The molecule has 0 fully saturated rings. The second-order valence-corrected chi connectivity index (χ2v) is 4.26. The van der Waals surface area contributed by atoms with Gasteiger partial charge < -0.3 is 0 Å². The Bertz CT molecular complexity index is 616. The van der Waals surface area contributed by atoms with Crippen LogP contribution in [0.1, 0.15) is 12.0 Å². The second kappa shape index (κ2) is 4.02. The van der Waals surface area contributed by atoms with Gasteiger partial charge in [-0.15, -0.1) is 0 Å². The predicted molar refractivity (Wildman–Crippen MR) is 64.3 cm³/mol. The molecule has 0 nitrogen and oxygen atoms in total. The van der Waals surface area contributed by atoms with Gasteiger partial charge in [0.1, 0.15) is 0 Å². The average molecular weight is 246 g/mol. The molecule has 1 aliphatic rings. The molecule has 0 amide bonds. The third kappa shape index (κ3) is 1.92. The summed E-state index contributed by atoms with van der Waals surface area (Å²) in [5, 5.41) is 0. The van der Waals surface area contributed by atoms with Crippen LogP contribution in [-0.2, 0) is 0 Å². The second-order valence-electron chi connectivity index (χ2n) is 4.26. The molecule has 2 aromatic carbocycles. The van der Waals surface area contributed by atoms with Crippen molar-refractivity contribution in [2.24, 2.45) is 0 Å². The first-order valence-corrected chi connectivity index (χ1v) is 5.59. The number of halogens is 3.